The van der Waals surface area contributed by atoms with Crippen LogP contribution in [-0.4, -0.2) is 34.6 Å². The number of hydrogen-bond acceptors (Lipinski definition) is 6. The van der Waals surface area contributed by atoms with E-state index in [1.54, 1.807) is 29.8 Å². The highest BCUT2D eigenvalue weighted by Gasteiger charge is 2.26. The first kappa shape index (κ1) is 20.0. The van der Waals surface area contributed by atoms with Crippen LogP contribution in [0.2, 0.25) is 5.15 Å². The van der Waals surface area contributed by atoms with E-state index in [0.717, 1.165) is 12.8 Å². The van der Waals surface area contributed by atoms with Gasteiger partial charge < -0.3 is 19.5 Å². The van der Waals surface area contributed by atoms with Crippen molar-refractivity contribution in [3.8, 4) is 11.5 Å². The minimum absolute atomic E-state index is 0.146. The van der Waals surface area contributed by atoms with Gasteiger partial charge in [0.1, 0.15) is 10.7 Å². The van der Waals surface area contributed by atoms with Crippen molar-refractivity contribution in [2.75, 3.05) is 12.1 Å². The molecule has 1 N–H and O–H groups in total. The number of ether oxygens (including phenoxy) is 3. The van der Waals surface area contributed by atoms with Crippen LogP contribution in [0.3, 0.4) is 0 Å². The lowest BCUT2D eigenvalue weighted by molar-refractivity contribution is -0.123. The predicted molar refractivity (Wildman–Crippen MR) is 103 cm³/mol. The Kier molecular flexibility index (Phi) is 6.08. The second-order valence-corrected chi connectivity index (χ2v) is 6.79. The molecular formula is C19H22ClN3O5. The standard InChI is InChI=1S/C19H22ClN3O5/c1-4-5-8-23-17(20)16(11(2)22-23)19(25)28-12(3)18(24)21-13-6-7-14-15(9-13)27-10-26-14/h6-7,9,12H,4-5,8,10H2,1-3H3,(H,21,24)/t12-/m1/s1. The monoisotopic (exact) mass is 407 g/mol. The molecule has 150 valence electrons. The number of nitrogens with zero attached hydrogens (tertiary/aromatic N) is 2. The highest BCUT2D eigenvalue weighted by Crippen LogP contribution is 2.34. The lowest BCUT2D eigenvalue weighted by Crippen LogP contribution is -2.30. The second-order valence-electron chi connectivity index (χ2n) is 6.43. The van der Waals surface area contributed by atoms with Gasteiger partial charge in [0.25, 0.3) is 5.91 Å². The summed E-state index contributed by atoms with van der Waals surface area (Å²) >= 11 is 6.28. The number of carbonyl (C=O) groups excluding carboxylic acids is 2. The van der Waals surface area contributed by atoms with Gasteiger partial charge in [-0.1, -0.05) is 24.9 Å². The molecule has 0 fully saturated rings. The number of amides is 1. The van der Waals surface area contributed by atoms with Gasteiger partial charge >= 0.3 is 5.97 Å². The molecule has 0 unspecified atom stereocenters. The molecule has 1 aliphatic heterocycles. The number of anilines is 1. The molecule has 1 aromatic heterocycles. The Hall–Kier alpha value is -2.74. The molecule has 3 rings (SSSR count). The van der Waals surface area contributed by atoms with Gasteiger partial charge in [0.2, 0.25) is 6.79 Å². The molecular weight excluding hydrogens is 386 g/mol. The van der Waals surface area contributed by atoms with Crippen LogP contribution in [-0.2, 0) is 16.1 Å². The minimum Gasteiger partial charge on any atom is -0.454 e. The number of benzene rings is 1. The number of unbranched alkanes of at least 4 members (excludes halogenated alkanes) is 1. The quantitative estimate of drug-likeness (QED) is 0.705. The summed E-state index contributed by atoms with van der Waals surface area (Å²) in [6.45, 7) is 5.99. The van der Waals surface area contributed by atoms with Crippen molar-refractivity contribution in [1.82, 2.24) is 9.78 Å². The number of aromatic nitrogens is 2. The van der Waals surface area contributed by atoms with Crippen LogP contribution in [0.5, 0.6) is 11.5 Å². The van der Waals surface area contributed by atoms with Crippen LogP contribution in [0.15, 0.2) is 18.2 Å². The Morgan fingerprint density at radius 1 is 1.36 bits per heavy atom. The van der Waals surface area contributed by atoms with Crippen LogP contribution in [0.4, 0.5) is 5.69 Å². The molecule has 2 aromatic rings. The highest BCUT2D eigenvalue weighted by atomic mass is 35.5. The van der Waals surface area contributed by atoms with E-state index >= 15 is 0 Å². The van der Waals surface area contributed by atoms with Gasteiger partial charge in [0.15, 0.2) is 17.6 Å². The summed E-state index contributed by atoms with van der Waals surface area (Å²) in [7, 11) is 0. The summed E-state index contributed by atoms with van der Waals surface area (Å²) in [5, 5.41) is 7.19. The topological polar surface area (TPSA) is 91.7 Å². The number of rotatable bonds is 7. The zero-order chi connectivity index (χ0) is 20.3. The third kappa shape index (κ3) is 4.22. The molecule has 1 atom stereocenters. The number of esters is 1. The summed E-state index contributed by atoms with van der Waals surface area (Å²) in [5.74, 6) is 0.00461. The lowest BCUT2D eigenvalue weighted by atomic mass is 10.2. The summed E-state index contributed by atoms with van der Waals surface area (Å²) in [6, 6.07) is 5.02. The van der Waals surface area contributed by atoms with Crippen molar-refractivity contribution in [2.45, 2.75) is 46.3 Å². The van der Waals surface area contributed by atoms with Crippen molar-refractivity contribution >= 4 is 29.2 Å². The van der Waals surface area contributed by atoms with E-state index in [1.165, 1.54) is 6.92 Å². The molecule has 28 heavy (non-hydrogen) atoms. The summed E-state index contributed by atoms with van der Waals surface area (Å²) in [4.78, 5) is 24.9. The normalized spacial score (nSPS) is 13.3. The molecule has 0 saturated carbocycles. The molecule has 1 amide bonds. The van der Waals surface area contributed by atoms with Crippen molar-refractivity contribution < 1.29 is 23.8 Å². The van der Waals surface area contributed by atoms with Crippen molar-refractivity contribution in [3.63, 3.8) is 0 Å². The van der Waals surface area contributed by atoms with Crippen LogP contribution < -0.4 is 14.8 Å². The summed E-state index contributed by atoms with van der Waals surface area (Å²) < 4.78 is 17.4. The predicted octanol–water partition coefficient (Wildman–Crippen LogP) is 3.56. The third-order valence-electron chi connectivity index (χ3n) is 4.29. The first-order chi connectivity index (χ1) is 13.4. The average Bonchev–Trinajstić information content (AvgIpc) is 3.23. The largest absolute Gasteiger partial charge is 0.454 e. The van der Waals surface area contributed by atoms with Crippen LogP contribution in [0, 0.1) is 6.92 Å². The Morgan fingerprint density at radius 2 is 2.11 bits per heavy atom. The summed E-state index contributed by atoms with van der Waals surface area (Å²) in [5.41, 5.74) is 1.16. The fourth-order valence-corrected chi connectivity index (χ4v) is 3.07. The van der Waals surface area contributed by atoms with Crippen LogP contribution >= 0.6 is 11.6 Å². The van der Waals surface area contributed by atoms with E-state index in [1.807, 2.05) is 0 Å². The molecule has 8 nitrogen and oxygen atoms in total. The zero-order valence-corrected chi connectivity index (χ0v) is 16.7. The molecule has 1 aliphatic rings. The number of nitrogens with one attached hydrogen (secondary N) is 1. The van der Waals surface area contributed by atoms with Crippen LogP contribution in [0.25, 0.3) is 0 Å². The van der Waals surface area contributed by atoms with Crippen molar-refractivity contribution in [1.29, 1.82) is 0 Å². The zero-order valence-electron chi connectivity index (χ0n) is 16.0. The number of fused-ring (bicyclic) bond motifs is 1. The van der Waals surface area contributed by atoms with E-state index in [2.05, 4.69) is 17.3 Å². The van der Waals surface area contributed by atoms with Gasteiger partial charge in [-0.3, -0.25) is 9.48 Å². The maximum atomic E-state index is 12.5. The second kappa shape index (κ2) is 8.52. The summed E-state index contributed by atoms with van der Waals surface area (Å²) in [6.07, 6.45) is 0.850. The van der Waals surface area contributed by atoms with Crippen molar-refractivity contribution in [2.24, 2.45) is 0 Å². The van der Waals surface area contributed by atoms with Crippen molar-refractivity contribution in [3.05, 3.63) is 34.6 Å². The van der Waals surface area contributed by atoms with E-state index in [9.17, 15) is 9.59 Å². The molecule has 0 bridgehead atoms. The molecule has 0 spiro atoms. The maximum absolute atomic E-state index is 12.5. The third-order valence-corrected chi connectivity index (χ3v) is 4.67. The molecule has 0 aliphatic carbocycles. The lowest BCUT2D eigenvalue weighted by Gasteiger charge is -2.14. The van der Waals surface area contributed by atoms with Gasteiger partial charge in [-0.2, -0.15) is 5.10 Å². The SMILES string of the molecule is CCCCn1nc(C)c(C(=O)O[C@H](C)C(=O)Nc2ccc3c(c2)OCO3)c1Cl. The van der Waals surface area contributed by atoms with Gasteiger partial charge in [-0.25, -0.2) is 4.79 Å². The molecule has 1 aromatic carbocycles. The molecule has 2 heterocycles. The maximum Gasteiger partial charge on any atom is 0.343 e. The average molecular weight is 408 g/mol. The molecule has 0 saturated heterocycles. The first-order valence-corrected chi connectivity index (χ1v) is 9.43. The fraction of sp³-hybridized carbons (Fsp3) is 0.421. The number of aryl methyl sites for hydroxylation is 2. The Balaban J connectivity index is 1.64. The first-order valence-electron chi connectivity index (χ1n) is 9.05. The van der Waals surface area contributed by atoms with Gasteiger partial charge in [0.05, 0.1) is 5.69 Å². The van der Waals surface area contributed by atoms with Crippen LogP contribution in [0.1, 0.15) is 42.7 Å². The number of hydrogen-bond donors (Lipinski definition) is 1. The number of halogens is 1. The van der Waals surface area contributed by atoms with Gasteiger partial charge in [-0.15, -0.1) is 0 Å². The van der Waals surface area contributed by atoms with E-state index in [0.29, 0.717) is 29.4 Å². The van der Waals surface area contributed by atoms with E-state index in [4.69, 9.17) is 25.8 Å². The molecule has 0 radical (unpaired) electrons. The highest BCUT2D eigenvalue weighted by molar-refractivity contribution is 6.32. The number of carbonyl (C=O) groups is 2. The van der Waals surface area contributed by atoms with Gasteiger partial charge in [0, 0.05) is 18.3 Å². The Labute approximate surface area is 167 Å². The fourth-order valence-electron chi connectivity index (χ4n) is 2.73. The minimum atomic E-state index is -1.02. The van der Waals surface area contributed by atoms with E-state index in [-0.39, 0.29) is 17.5 Å². The smallest absolute Gasteiger partial charge is 0.343 e. The molecule has 9 heteroatoms. The van der Waals surface area contributed by atoms with Gasteiger partial charge in [-0.05, 0) is 32.4 Å². The Bertz CT molecular complexity index is 896. The van der Waals surface area contributed by atoms with E-state index < -0.39 is 18.0 Å². The Morgan fingerprint density at radius 3 is 2.86 bits per heavy atom.